The summed E-state index contributed by atoms with van der Waals surface area (Å²) in [6.45, 7) is 1.53. The summed E-state index contributed by atoms with van der Waals surface area (Å²) in [5, 5.41) is 41.0. The molecule has 1 saturated heterocycles. The number of hydrogen-bond acceptors (Lipinski definition) is 6. The van der Waals surface area contributed by atoms with Gasteiger partial charge in [0.1, 0.15) is 30.5 Å². The summed E-state index contributed by atoms with van der Waals surface area (Å²) in [6.07, 6.45) is -4.49. The summed E-state index contributed by atoms with van der Waals surface area (Å²) in [5.74, 6) is 0. The molecule has 0 aliphatic carbocycles. The number of ether oxygens (including phenoxy) is 1. The Bertz CT molecular complexity index is 207. The van der Waals surface area contributed by atoms with E-state index in [9.17, 15) is 15.3 Å². The molecule has 0 aromatic rings. The predicted octanol–water partition coefficient (Wildman–Crippen LogP) is -2.17. The number of rotatable bonds is 4. The molecule has 1 aliphatic heterocycles. The van der Waals surface area contributed by atoms with E-state index in [-0.39, 0.29) is 12.6 Å². The molecule has 0 radical (unpaired) electrons. The van der Waals surface area contributed by atoms with Crippen molar-refractivity contribution in [2.24, 2.45) is 0 Å². The van der Waals surface area contributed by atoms with Crippen LogP contribution in [0.15, 0.2) is 0 Å². The van der Waals surface area contributed by atoms with Crippen LogP contribution in [-0.2, 0) is 4.74 Å². The molecule has 16 heavy (non-hydrogen) atoms. The lowest BCUT2D eigenvalue weighted by Gasteiger charge is -2.42. The minimum Gasteiger partial charge on any atom is -0.394 e. The second-order valence-electron chi connectivity index (χ2n) is 4.10. The van der Waals surface area contributed by atoms with Gasteiger partial charge in [-0.05, 0) is 13.5 Å². The molecule has 2 unspecified atom stereocenters. The van der Waals surface area contributed by atoms with Gasteiger partial charge in [0.15, 0.2) is 0 Å². The molecular formula is C10H21NO5. The first-order valence-corrected chi connectivity index (χ1v) is 5.54. The molecule has 0 amide bonds. The van der Waals surface area contributed by atoms with E-state index in [1.807, 2.05) is 6.92 Å². The molecule has 6 atom stereocenters. The molecule has 0 aromatic carbocycles. The van der Waals surface area contributed by atoms with Crippen molar-refractivity contribution >= 4 is 0 Å². The quantitative estimate of drug-likeness (QED) is 0.380. The fourth-order valence-corrected chi connectivity index (χ4v) is 2.06. The van der Waals surface area contributed by atoms with Crippen LogP contribution in [0.25, 0.3) is 0 Å². The lowest BCUT2D eigenvalue weighted by molar-refractivity contribution is -0.235. The van der Waals surface area contributed by atoms with Crippen molar-refractivity contribution in [3.63, 3.8) is 0 Å². The Labute approximate surface area is 94.9 Å². The van der Waals surface area contributed by atoms with Gasteiger partial charge in [-0.25, -0.2) is 0 Å². The van der Waals surface area contributed by atoms with Crippen molar-refractivity contribution in [2.75, 3.05) is 13.7 Å². The standard InChI is InChI=1S/C10H21NO5/c1-3-5(11-2)10-9(15)8(14)7(13)6(4-12)16-10/h5-15H,3-4H2,1-2H3/t5?,6-,7-,8+,9-,10?/m1/s1. The highest BCUT2D eigenvalue weighted by Crippen LogP contribution is 2.24. The normalized spacial score (nSPS) is 42.0. The van der Waals surface area contributed by atoms with Crippen LogP contribution in [0.5, 0.6) is 0 Å². The van der Waals surface area contributed by atoms with Gasteiger partial charge in [0.25, 0.3) is 0 Å². The highest BCUT2D eigenvalue weighted by Gasteiger charge is 2.45. The van der Waals surface area contributed by atoms with Crippen LogP contribution >= 0.6 is 0 Å². The van der Waals surface area contributed by atoms with Crippen molar-refractivity contribution in [1.29, 1.82) is 0 Å². The number of aliphatic hydroxyl groups is 4. The summed E-state index contributed by atoms with van der Waals surface area (Å²) in [6, 6.07) is -0.133. The molecule has 0 bridgehead atoms. The maximum Gasteiger partial charge on any atom is 0.111 e. The highest BCUT2D eigenvalue weighted by molar-refractivity contribution is 4.96. The number of hydrogen-bond donors (Lipinski definition) is 5. The van der Waals surface area contributed by atoms with Crippen LogP contribution in [0.3, 0.4) is 0 Å². The summed E-state index contributed by atoms with van der Waals surface area (Å²) in [5.41, 5.74) is 0. The largest absolute Gasteiger partial charge is 0.394 e. The molecule has 5 N–H and O–H groups in total. The SMILES string of the molecule is CCC(NC)C1O[C@H](CO)[C@@H](O)[C@H](O)[C@H]1O. The molecule has 6 heteroatoms. The van der Waals surface area contributed by atoms with E-state index in [0.29, 0.717) is 6.42 Å². The first-order chi connectivity index (χ1) is 7.56. The van der Waals surface area contributed by atoms with Crippen molar-refractivity contribution in [3.05, 3.63) is 0 Å². The Morgan fingerprint density at radius 1 is 1.19 bits per heavy atom. The number of likely N-dealkylation sites (N-methyl/N-ethyl adjacent to an activating group) is 1. The van der Waals surface area contributed by atoms with Gasteiger partial charge in [0.2, 0.25) is 0 Å². The van der Waals surface area contributed by atoms with Crippen molar-refractivity contribution in [2.45, 2.75) is 49.9 Å². The average molecular weight is 235 g/mol. The maximum atomic E-state index is 9.80. The molecular weight excluding hydrogens is 214 g/mol. The second-order valence-corrected chi connectivity index (χ2v) is 4.10. The maximum absolute atomic E-state index is 9.80. The zero-order valence-electron chi connectivity index (χ0n) is 9.58. The van der Waals surface area contributed by atoms with Gasteiger partial charge in [-0.1, -0.05) is 6.92 Å². The molecule has 1 aliphatic rings. The van der Waals surface area contributed by atoms with Crippen LogP contribution in [0.4, 0.5) is 0 Å². The number of aliphatic hydroxyl groups excluding tert-OH is 4. The molecule has 1 heterocycles. The molecule has 0 aromatic heterocycles. The first-order valence-electron chi connectivity index (χ1n) is 5.54. The highest BCUT2D eigenvalue weighted by atomic mass is 16.5. The molecule has 1 rings (SSSR count). The monoisotopic (exact) mass is 235 g/mol. The van der Waals surface area contributed by atoms with E-state index in [1.54, 1.807) is 7.05 Å². The lowest BCUT2D eigenvalue weighted by Crippen LogP contribution is -2.63. The van der Waals surface area contributed by atoms with Crippen molar-refractivity contribution in [1.82, 2.24) is 5.32 Å². The third kappa shape index (κ3) is 2.53. The van der Waals surface area contributed by atoms with E-state index in [4.69, 9.17) is 9.84 Å². The van der Waals surface area contributed by atoms with Gasteiger partial charge in [-0.3, -0.25) is 0 Å². The predicted molar refractivity (Wildman–Crippen MR) is 56.9 cm³/mol. The van der Waals surface area contributed by atoms with Gasteiger partial charge in [0, 0.05) is 6.04 Å². The number of nitrogens with one attached hydrogen (secondary N) is 1. The smallest absolute Gasteiger partial charge is 0.111 e. The van der Waals surface area contributed by atoms with Gasteiger partial charge >= 0.3 is 0 Å². The first kappa shape index (κ1) is 13.8. The second kappa shape index (κ2) is 5.90. The van der Waals surface area contributed by atoms with E-state index in [1.165, 1.54) is 0 Å². The average Bonchev–Trinajstić information content (AvgIpc) is 2.30. The van der Waals surface area contributed by atoms with Crippen molar-refractivity contribution in [3.8, 4) is 0 Å². The Hall–Kier alpha value is -0.240. The van der Waals surface area contributed by atoms with E-state index in [2.05, 4.69) is 5.32 Å². The van der Waals surface area contributed by atoms with Crippen LogP contribution in [0, 0.1) is 0 Å². The summed E-state index contributed by atoms with van der Waals surface area (Å²) in [7, 11) is 1.73. The van der Waals surface area contributed by atoms with Crippen LogP contribution in [0.2, 0.25) is 0 Å². The Morgan fingerprint density at radius 2 is 1.81 bits per heavy atom. The van der Waals surface area contributed by atoms with E-state index >= 15 is 0 Å². The van der Waals surface area contributed by atoms with Crippen molar-refractivity contribution < 1.29 is 25.2 Å². The Morgan fingerprint density at radius 3 is 2.25 bits per heavy atom. The Balaban J connectivity index is 2.77. The third-order valence-electron chi connectivity index (χ3n) is 3.14. The Kier molecular flexibility index (Phi) is 5.10. The summed E-state index contributed by atoms with van der Waals surface area (Å²) >= 11 is 0. The van der Waals surface area contributed by atoms with Crippen LogP contribution in [0.1, 0.15) is 13.3 Å². The van der Waals surface area contributed by atoms with Gasteiger partial charge < -0.3 is 30.5 Å². The molecule has 0 saturated carbocycles. The molecule has 0 spiro atoms. The minimum absolute atomic E-state index is 0.133. The third-order valence-corrected chi connectivity index (χ3v) is 3.14. The zero-order chi connectivity index (χ0) is 12.3. The van der Waals surface area contributed by atoms with E-state index in [0.717, 1.165) is 0 Å². The zero-order valence-corrected chi connectivity index (χ0v) is 9.58. The van der Waals surface area contributed by atoms with Crippen LogP contribution in [-0.4, -0.2) is 70.6 Å². The van der Waals surface area contributed by atoms with Gasteiger partial charge in [-0.15, -0.1) is 0 Å². The molecule has 96 valence electrons. The van der Waals surface area contributed by atoms with E-state index < -0.39 is 30.5 Å². The van der Waals surface area contributed by atoms with Gasteiger partial charge in [-0.2, -0.15) is 0 Å². The minimum atomic E-state index is -1.29. The topological polar surface area (TPSA) is 102 Å². The van der Waals surface area contributed by atoms with Crippen LogP contribution < -0.4 is 5.32 Å². The summed E-state index contributed by atoms with van der Waals surface area (Å²) < 4.78 is 5.40. The molecule has 6 nitrogen and oxygen atoms in total. The molecule has 1 fully saturated rings. The fourth-order valence-electron chi connectivity index (χ4n) is 2.06. The van der Waals surface area contributed by atoms with Gasteiger partial charge in [0.05, 0.1) is 6.61 Å². The fraction of sp³-hybridized carbons (Fsp3) is 1.00. The lowest BCUT2D eigenvalue weighted by atomic mass is 9.90. The summed E-state index contributed by atoms with van der Waals surface area (Å²) in [4.78, 5) is 0.